The second kappa shape index (κ2) is 6.00. The molecule has 0 saturated carbocycles. The van der Waals surface area contributed by atoms with E-state index in [4.69, 9.17) is 4.74 Å². The van der Waals surface area contributed by atoms with Crippen LogP contribution in [0, 0.1) is 6.92 Å². The Morgan fingerprint density at radius 1 is 1.40 bits per heavy atom. The summed E-state index contributed by atoms with van der Waals surface area (Å²) in [6.45, 7) is 1.66. The minimum Gasteiger partial charge on any atom is -0.507 e. The minimum absolute atomic E-state index is 0.0872. The van der Waals surface area contributed by atoms with Crippen LogP contribution in [0.4, 0.5) is 0 Å². The number of phenols is 1. The second-order valence-corrected chi connectivity index (χ2v) is 7.23. The van der Waals surface area contributed by atoms with E-state index in [9.17, 15) is 14.7 Å². The van der Waals surface area contributed by atoms with Gasteiger partial charge in [-0.1, -0.05) is 6.07 Å². The Labute approximate surface area is 147 Å². The molecule has 1 aromatic carbocycles. The van der Waals surface area contributed by atoms with E-state index in [1.54, 1.807) is 6.07 Å². The van der Waals surface area contributed by atoms with E-state index < -0.39 is 5.97 Å². The summed E-state index contributed by atoms with van der Waals surface area (Å²) < 4.78 is 5.19. The highest BCUT2D eigenvalue weighted by Gasteiger charge is 2.21. The molecule has 1 aliphatic rings. The third kappa shape index (κ3) is 2.80. The number of H-pyrrole nitrogens is 1. The number of esters is 1. The van der Waals surface area contributed by atoms with Crippen molar-refractivity contribution in [2.45, 2.75) is 32.8 Å². The van der Waals surface area contributed by atoms with Crippen LogP contribution in [0.2, 0.25) is 0 Å². The van der Waals surface area contributed by atoms with Gasteiger partial charge in [-0.15, -0.1) is 11.3 Å². The number of carbonyl (C=O) groups excluding carboxylic acids is 1. The van der Waals surface area contributed by atoms with E-state index in [1.807, 2.05) is 6.92 Å². The van der Waals surface area contributed by atoms with Crippen LogP contribution in [-0.4, -0.2) is 21.0 Å². The summed E-state index contributed by atoms with van der Waals surface area (Å²) in [6.07, 6.45) is 2.99. The number of carbonyl (C=O) groups is 1. The Kier molecular flexibility index (Phi) is 3.80. The quantitative estimate of drug-likeness (QED) is 0.704. The van der Waals surface area contributed by atoms with Crippen molar-refractivity contribution in [2.24, 2.45) is 0 Å². The van der Waals surface area contributed by atoms with Crippen LogP contribution in [-0.2, 0) is 24.2 Å². The summed E-state index contributed by atoms with van der Waals surface area (Å²) in [4.78, 5) is 33.5. The van der Waals surface area contributed by atoms with Crippen LogP contribution in [0.15, 0.2) is 23.0 Å². The van der Waals surface area contributed by atoms with Crippen molar-refractivity contribution in [2.75, 3.05) is 0 Å². The molecule has 128 valence electrons. The van der Waals surface area contributed by atoms with Crippen LogP contribution in [0.1, 0.15) is 38.6 Å². The predicted octanol–water partition coefficient (Wildman–Crippen LogP) is 2.84. The standard InChI is InChI=1S/C18H16N2O4S/c1-9-5-6-10(12(21)7-9)18(23)24-8-14-19-16(22)15-11-3-2-4-13(11)25-17(15)20-14/h5-7,21H,2-4,8H2,1H3,(H,19,20,22). The summed E-state index contributed by atoms with van der Waals surface area (Å²) in [5, 5.41) is 10.5. The molecule has 0 bridgehead atoms. The number of hydrogen-bond donors (Lipinski definition) is 2. The molecular weight excluding hydrogens is 340 g/mol. The first-order valence-corrected chi connectivity index (χ1v) is 8.85. The monoisotopic (exact) mass is 356 g/mol. The number of thiophene rings is 1. The third-order valence-corrected chi connectivity index (χ3v) is 5.52. The Bertz CT molecular complexity index is 1050. The molecule has 0 atom stereocenters. The van der Waals surface area contributed by atoms with E-state index >= 15 is 0 Å². The van der Waals surface area contributed by atoms with Gasteiger partial charge in [0, 0.05) is 4.88 Å². The lowest BCUT2D eigenvalue weighted by Gasteiger charge is -2.07. The first-order valence-electron chi connectivity index (χ1n) is 8.03. The van der Waals surface area contributed by atoms with Crippen LogP contribution in [0.5, 0.6) is 5.75 Å². The number of aromatic hydroxyl groups is 1. The van der Waals surface area contributed by atoms with E-state index in [0.29, 0.717) is 16.0 Å². The van der Waals surface area contributed by atoms with Gasteiger partial charge in [0.05, 0.1) is 5.39 Å². The first kappa shape index (κ1) is 15.8. The highest BCUT2D eigenvalue weighted by molar-refractivity contribution is 7.18. The summed E-state index contributed by atoms with van der Waals surface area (Å²) in [6, 6.07) is 4.72. The number of aryl methyl sites for hydroxylation is 3. The molecule has 0 radical (unpaired) electrons. The van der Waals surface area contributed by atoms with Gasteiger partial charge in [0.2, 0.25) is 0 Å². The van der Waals surface area contributed by atoms with Gasteiger partial charge in [-0.25, -0.2) is 9.78 Å². The van der Waals surface area contributed by atoms with Crippen molar-refractivity contribution >= 4 is 27.5 Å². The lowest BCUT2D eigenvalue weighted by atomic mass is 10.1. The summed E-state index contributed by atoms with van der Waals surface area (Å²) in [5.74, 6) is -0.483. The summed E-state index contributed by atoms with van der Waals surface area (Å²) >= 11 is 1.54. The SMILES string of the molecule is Cc1ccc(C(=O)OCc2nc3sc4c(c3c(=O)[nH]2)CCC4)c(O)c1. The van der Waals surface area contributed by atoms with Crippen molar-refractivity contribution in [1.82, 2.24) is 9.97 Å². The van der Waals surface area contributed by atoms with E-state index in [1.165, 1.54) is 28.3 Å². The number of aromatic amines is 1. The Balaban J connectivity index is 1.57. The molecule has 0 amide bonds. The Morgan fingerprint density at radius 2 is 2.24 bits per heavy atom. The topological polar surface area (TPSA) is 92.3 Å². The van der Waals surface area contributed by atoms with Crippen LogP contribution >= 0.6 is 11.3 Å². The molecule has 0 saturated heterocycles. The summed E-state index contributed by atoms with van der Waals surface area (Å²) in [5.41, 5.74) is 1.86. The van der Waals surface area contributed by atoms with Crippen LogP contribution in [0.25, 0.3) is 10.2 Å². The van der Waals surface area contributed by atoms with Gasteiger partial charge in [0.15, 0.2) is 0 Å². The molecule has 2 aromatic heterocycles. The van der Waals surface area contributed by atoms with Crippen molar-refractivity contribution < 1.29 is 14.6 Å². The van der Waals surface area contributed by atoms with Crippen molar-refractivity contribution in [3.05, 3.63) is 55.9 Å². The fourth-order valence-corrected chi connectivity index (χ4v) is 4.42. The third-order valence-electron chi connectivity index (χ3n) is 4.34. The fourth-order valence-electron chi connectivity index (χ4n) is 3.14. The molecule has 1 aliphatic carbocycles. The van der Waals surface area contributed by atoms with Crippen molar-refractivity contribution in [3.8, 4) is 5.75 Å². The van der Waals surface area contributed by atoms with E-state index in [2.05, 4.69) is 9.97 Å². The normalized spacial score (nSPS) is 13.2. The molecule has 0 fully saturated rings. The van der Waals surface area contributed by atoms with E-state index in [-0.39, 0.29) is 23.5 Å². The molecule has 6 nitrogen and oxygen atoms in total. The minimum atomic E-state index is -0.658. The number of aromatic nitrogens is 2. The highest BCUT2D eigenvalue weighted by Crippen LogP contribution is 2.34. The number of nitrogens with zero attached hydrogens (tertiary/aromatic N) is 1. The van der Waals surface area contributed by atoms with Gasteiger partial charge in [-0.05, 0) is 49.4 Å². The number of rotatable bonds is 3. The summed E-state index contributed by atoms with van der Waals surface area (Å²) in [7, 11) is 0. The number of phenolic OH excluding ortho intramolecular Hbond substituents is 1. The number of benzene rings is 1. The van der Waals surface area contributed by atoms with Crippen LogP contribution < -0.4 is 5.56 Å². The molecule has 2 heterocycles. The van der Waals surface area contributed by atoms with Crippen LogP contribution in [0.3, 0.4) is 0 Å². The average molecular weight is 356 g/mol. The number of ether oxygens (including phenoxy) is 1. The molecule has 4 rings (SSSR count). The molecular formula is C18H16N2O4S. The van der Waals surface area contributed by atoms with Gasteiger partial charge >= 0.3 is 5.97 Å². The van der Waals surface area contributed by atoms with Gasteiger partial charge < -0.3 is 14.8 Å². The zero-order chi connectivity index (χ0) is 17.6. The molecule has 0 unspecified atom stereocenters. The first-order chi connectivity index (χ1) is 12.0. The number of nitrogens with one attached hydrogen (secondary N) is 1. The average Bonchev–Trinajstić information content (AvgIpc) is 3.13. The smallest absolute Gasteiger partial charge is 0.342 e. The van der Waals surface area contributed by atoms with Gasteiger partial charge in [0.1, 0.15) is 28.6 Å². The van der Waals surface area contributed by atoms with Gasteiger partial charge in [-0.3, -0.25) is 4.79 Å². The second-order valence-electron chi connectivity index (χ2n) is 6.15. The predicted molar refractivity (Wildman–Crippen MR) is 94.2 cm³/mol. The molecule has 0 spiro atoms. The lowest BCUT2D eigenvalue weighted by molar-refractivity contribution is 0.0459. The zero-order valence-electron chi connectivity index (χ0n) is 13.6. The Hall–Kier alpha value is -2.67. The van der Waals surface area contributed by atoms with Gasteiger partial charge in [0.25, 0.3) is 5.56 Å². The molecule has 2 N–H and O–H groups in total. The maximum atomic E-state index is 12.4. The largest absolute Gasteiger partial charge is 0.507 e. The molecule has 25 heavy (non-hydrogen) atoms. The lowest BCUT2D eigenvalue weighted by Crippen LogP contribution is -2.14. The molecule has 0 aliphatic heterocycles. The number of fused-ring (bicyclic) bond motifs is 3. The number of hydrogen-bond acceptors (Lipinski definition) is 6. The van der Waals surface area contributed by atoms with Crippen molar-refractivity contribution in [3.63, 3.8) is 0 Å². The Morgan fingerprint density at radius 3 is 3.04 bits per heavy atom. The van der Waals surface area contributed by atoms with Crippen molar-refractivity contribution in [1.29, 1.82) is 0 Å². The van der Waals surface area contributed by atoms with Gasteiger partial charge in [-0.2, -0.15) is 0 Å². The zero-order valence-corrected chi connectivity index (χ0v) is 14.4. The molecule has 7 heteroatoms. The maximum Gasteiger partial charge on any atom is 0.342 e. The highest BCUT2D eigenvalue weighted by atomic mass is 32.1. The molecule has 3 aromatic rings. The fraction of sp³-hybridized carbons (Fsp3) is 0.278. The van der Waals surface area contributed by atoms with E-state index in [0.717, 1.165) is 30.4 Å². The maximum absolute atomic E-state index is 12.4.